The zero-order valence-corrected chi connectivity index (χ0v) is 9.55. The Morgan fingerprint density at radius 2 is 2.06 bits per heavy atom. The number of rotatable bonds is 3. The highest BCUT2D eigenvalue weighted by molar-refractivity contribution is 6.00. The van der Waals surface area contributed by atoms with Crippen molar-refractivity contribution >= 4 is 17.5 Å². The van der Waals surface area contributed by atoms with Gasteiger partial charge in [-0.1, -0.05) is 0 Å². The molecule has 2 rings (SSSR count). The Morgan fingerprint density at radius 1 is 1.41 bits per heavy atom. The Morgan fingerprint density at radius 3 is 2.53 bits per heavy atom. The SMILES string of the molecule is COc1ccc(N2C[C@@H](C(N)=O)CC2=O)cc1. The summed E-state index contributed by atoms with van der Waals surface area (Å²) in [6.07, 6.45) is 0.196. The maximum atomic E-state index is 11.7. The molecule has 1 heterocycles. The van der Waals surface area contributed by atoms with Crippen LogP contribution in [0.25, 0.3) is 0 Å². The van der Waals surface area contributed by atoms with E-state index in [0.717, 1.165) is 11.4 Å². The topological polar surface area (TPSA) is 72.6 Å². The summed E-state index contributed by atoms with van der Waals surface area (Å²) in [4.78, 5) is 24.4. The number of carbonyl (C=O) groups excluding carboxylic acids is 2. The quantitative estimate of drug-likeness (QED) is 0.829. The van der Waals surface area contributed by atoms with Gasteiger partial charge in [0.15, 0.2) is 0 Å². The molecule has 0 aromatic heterocycles. The minimum atomic E-state index is -0.422. The lowest BCUT2D eigenvalue weighted by Gasteiger charge is -2.16. The Labute approximate surface area is 99.2 Å². The van der Waals surface area contributed by atoms with Gasteiger partial charge < -0.3 is 15.4 Å². The minimum absolute atomic E-state index is 0.0704. The predicted octanol–water partition coefficient (Wildman–Crippen LogP) is 0.533. The number of ether oxygens (including phenoxy) is 1. The number of amides is 2. The van der Waals surface area contributed by atoms with Gasteiger partial charge in [0, 0.05) is 18.7 Å². The van der Waals surface area contributed by atoms with Gasteiger partial charge in [-0.2, -0.15) is 0 Å². The summed E-state index contributed by atoms with van der Waals surface area (Å²) in [5.41, 5.74) is 5.97. The van der Waals surface area contributed by atoms with Gasteiger partial charge in [0.1, 0.15) is 5.75 Å². The molecule has 0 radical (unpaired) electrons. The molecule has 1 aliphatic heterocycles. The van der Waals surface area contributed by atoms with Crippen molar-refractivity contribution in [3.8, 4) is 5.75 Å². The van der Waals surface area contributed by atoms with E-state index in [-0.39, 0.29) is 18.2 Å². The molecule has 0 spiro atoms. The lowest BCUT2D eigenvalue weighted by Crippen LogP contribution is -2.28. The van der Waals surface area contributed by atoms with Crippen LogP contribution in [0.1, 0.15) is 6.42 Å². The number of primary amides is 1. The number of nitrogens with two attached hydrogens (primary N) is 1. The average Bonchev–Trinajstić information content (AvgIpc) is 2.72. The smallest absolute Gasteiger partial charge is 0.227 e. The number of carbonyl (C=O) groups is 2. The molecule has 0 saturated carbocycles. The Balaban J connectivity index is 2.17. The molecule has 17 heavy (non-hydrogen) atoms. The summed E-state index contributed by atoms with van der Waals surface area (Å²) >= 11 is 0. The molecular formula is C12H14N2O3. The average molecular weight is 234 g/mol. The van der Waals surface area contributed by atoms with Crippen molar-refractivity contribution in [1.82, 2.24) is 0 Å². The van der Waals surface area contributed by atoms with E-state index >= 15 is 0 Å². The predicted molar refractivity (Wildman–Crippen MR) is 62.6 cm³/mol. The van der Waals surface area contributed by atoms with Crippen molar-refractivity contribution in [3.63, 3.8) is 0 Å². The van der Waals surface area contributed by atoms with Crippen LogP contribution in [0.3, 0.4) is 0 Å². The van der Waals surface area contributed by atoms with Crippen LogP contribution in [0.5, 0.6) is 5.75 Å². The van der Waals surface area contributed by atoms with Gasteiger partial charge in [0.05, 0.1) is 13.0 Å². The highest BCUT2D eigenvalue weighted by atomic mass is 16.5. The zero-order chi connectivity index (χ0) is 12.4. The third-order valence-electron chi connectivity index (χ3n) is 2.91. The lowest BCUT2D eigenvalue weighted by molar-refractivity contribution is -0.123. The Bertz CT molecular complexity index is 442. The van der Waals surface area contributed by atoms with E-state index in [1.807, 2.05) is 0 Å². The second-order valence-corrected chi connectivity index (χ2v) is 4.01. The molecule has 1 fully saturated rings. The normalized spacial score (nSPS) is 19.5. The minimum Gasteiger partial charge on any atom is -0.497 e. The fourth-order valence-electron chi connectivity index (χ4n) is 1.91. The first-order valence-electron chi connectivity index (χ1n) is 5.35. The van der Waals surface area contributed by atoms with Crippen molar-refractivity contribution in [2.45, 2.75) is 6.42 Å². The van der Waals surface area contributed by atoms with E-state index in [9.17, 15) is 9.59 Å². The largest absolute Gasteiger partial charge is 0.497 e. The maximum absolute atomic E-state index is 11.7. The number of anilines is 1. The maximum Gasteiger partial charge on any atom is 0.227 e. The van der Waals surface area contributed by atoms with Crippen LogP contribution < -0.4 is 15.4 Å². The molecule has 90 valence electrons. The van der Waals surface area contributed by atoms with Gasteiger partial charge in [0.25, 0.3) is 0 Å². The molecule has 1 aromatic carbocycles. The highest BCUT2D eigenvalue weighted by Crippen LogP contribution is 2.26. The molecule has 2 N–H and O–H groups in total. The molecule has 0 bridgehead atoms. The highest BCUT2D eigenvalue weighted by Gasteiger charge is 2.33. The van der Waals surface area contributed by atoms with Crippen molar-refractivity contribution in [2.24, 2.45) is 11.7 Å². The summed E-state index contributed by atoms with van der Waals surface area (Å²) < 4.78 is 5.04. The van der Waals surface area contributed by atoms with Gasteiger partial charge in [-0.25, -0.2) is 0 Å². The molecule has 0 unspecified atom stereocenters. The van der Waals surface area contributed by atoms with E-state index < -0.39 is 5.91 Å². The van der Waals surface area contributed by atoms with Crippen molar-refractivity contribution in [1.29, 1.82) is 0 Å². The van der Waals surface area contributed by atoms with E-state index in [4.69, 9.17) is 10.5 Å². The molecule has 5 heteroatoms. The molecule has 1 saturated heterocycles. The molecule has 2 amide bonds. The third kappa shape index (κ3) is 2.22. The molecular weight excluding hydrogens is 220 g/mol. The summed E-state index contributed by atoms with van der Waals surface area (Å²) in [6.45, 7) is 0.362. The third-order valence-corrected chi connectivity index (χ3v) is 2.91. The van der Waals surface area contributed by atoms with Gasteiger partial charge in [-0.15, -0.1) is 0 Å². The molecule has 1 atom stereocenters. The molecule has 1 aliphatic rings. The van der Waals surface area contributed by atoms with Crippen molar-refractivity contribution in [3.05, 3.63) is 24.3 Å². The fourth-order valence-corrected chi connectivity index (χ4v) is 1.91. The fraction of sp³-hybridized carbons (Fsp3) is 0.333. The number of methoxy groups -OCH3 is 1. The molecule has 5 nitrogen and oxygen atoms in total. The molecule has 0 aliphatic carbocycles. The van der Waals surface area contributed by atoms with Gasteiger partial charge in [0.2, 0.25) is 11.8 Å². The van der Waals surface area contributed by atoms with Crippen LogP contribution in [-0.2, 0) is 9.59 Å². The van der Waals surface area contributed by atoms with Crippen LogP contribution in [0, 0.1) is 5.92 Å². The van der Waals surface area contributed by atoms with E-state index in [1.54, 1.807) is 36.3 Å². The monoisotopic (exact) mass is 234 g/mol. The van der Waals surface area contributed by atoms with E-state index in [0.29, 0.717) is 6.54 Å². The summed E-state index contributed by atoms with van der Waals surface area (Å²) in [7, 11) is 1.58. The van der Waals surface area contributed by atoms with Crippen molar-refractivity contribution < 1.29 is 14.3 Å². The first-order valence-corrected chi connectivity index (χ1v) is 5.35. The summed E-state index contributed by atoms with van der Waals surface area (Å²) in [6, 6.07) is 7.14. The Kier molecular flexibility index (Phi) is 2.99. The first kappa shape index (κ1) is 11.4. The second kappa shape index (κ2) is 4.45. The van der Waals surface area contributed by atoms with E-state index in [1.165, 1.54) is 0 Å². The zero-order valence-electron chi connectivity index (χ0n) is 9.55. The van der Waals surface area contributed by atoms with Gasteiger partial charge >= 0.3 is 0 Å². The van der Waals surface area contributed by atoms with Crippen LogP contribution in [0.4, 0.5) is 5.69 Å². The van der Waals surface area contributed by atoms with Gasteiger partial charge in [-0.05, 0) is 24.3 Å². The summed E-state index contributed by atoms with van der Waals surface area (Å²) in [5, 5.41) is 0. The molecule has 1 aromatic rings. The summed E-state index contributed by atoms with van der Waals surface area (Å²) in [5.74, 6) is -0.148. The van der Waals surface area contributed by atoms with Crippen LogP contribution in [0.15, 0.2) is 24.3 Å². The Hall–Kier alpha value is -2.04. The van der Waals surface area contributed by atoms with Crippen LogP contribution in [-0.4, -0.2) is 25.5 Å². The van der Waals surface area contributed by atoms with Gasteiger partial charge in [-0.3, -0.25) is 9.59 Å². The van der Waals surface area contributed by atoms with E-state index in [2.05, 4.69) is 0 Å². The first-order chi connectivity index (χ1) is 8.11. The number of nitrogens with zero attached hydrogens (tertiary/aromatic N) is 1. The van der Waals surface area contributed by atoms with Crippen molar-refractivity contribution in [2.75, 3.05) is 18.6 Å². The second-order valence-electron chi connectivity index (χ2n) is 4.01. The number of hydrogen-bond acceptors (Lipinski definition) is 3. The lowest BCUT2D eigenvalue weighted by atomic mass is 10.1. The van der Waals surface area contributed by atoms with Crippen LogP contribution in [0.2, 0.25) is 0 Å². The number of hydrogen-bond donors (Lipinski definition) is 1. The van der Waals surface area contributed by atoms with Crippen LogP contribution >= 0.6 is 0 Å². The standard InChI is InChI=1S/C12H14N2O3/c1-17-10-4-2-9(3-5-10)14-7-8(12(13)16)6-11(14)15/h2-5,8H,6-7H2,1H3,(H2,13,16)/t8-/m0/s1. The number of benzene rings is 1.